The molecule has 2 rings (SSSR count). The molecule has 4 amide bonds. The Bertz CT molecular complexity index is 504. The quantitative estimate of drug-likeness (QED) is 0.532. The molecular formula is C18H29N3O4. The van der Waals surface area contributed by atoms with Crippen LogP contribution in [-0.2, 0) is 19.2 Å². The van der Waals surface area contributed by atoms with Crippen LogP contribution in [0.15, 0.2) is 12.2 Å². The number of unbranched alkanes of at least 4 members (excludes halogenated alkanes) is 2. The van der Waals surface area contributed by atoms with Crippen molar-refractivity contribution < 1.29 is 19.2 Å². The van der Waals surface area contributed by atoms with E-state index in [2.05, 4.69) is 0 Å². The topological polar surface area (TPSA) is 78.0 Å². The van der Waals surface area contributed by atoms with E-state index in [0.29, 0.717) is 45.6 Å². The Labute approximate surface area is 149 Å². The van der Waals surface area contributed by atoms with E-state index in [0.717, 1.165) is 12.8 Å². The Balaban J connectivity index is 0.00000151. The average Bonchev–Trinajstić information content (AvgIpc) is 2.94. The summed E-state index contributed by atoms with van der Waals surface area (Å²) in [5, 5.41) is 0. The first kappa shape index (κ1) is 20.9. The van der Waals surface area contributed by atoms with Crippen molar-refractivity contribution in [2.24, 2.45) is 0 Å². The van der Waals surface area contributed by atoms with Crippen LogP contribution in [0.4, 0.5) is 0 Å². The van der Waals surface area contributed by atoms with Crippen molar-refractivity contribution in [3.05, 3.63) is 12.2 Å². The number of hydrogen-bond acceptors (Lipinski definition) is 4. The van der Waals surface area contributed by atoms with Crippen LogP contribution in [0.1, 0.15) is 46.5 Å². The molecule has 0 unspecified atom stereocenters. The predicted molar refractivity (Wildman–Crippen MR) is 94.5 cm³/mol. The molecule has 25 heavy (non-hydrogen) atoms. The van der Waals surface area contributed by atoms with Gasteiger partial charge >= 0.3 is 0 Å². The molecule has 0 aliphatic carbocycles. The van der Waals surface area contributed by atoms with Crippen LogP contribution in [0, 0.1) is 0 Å². The van der Waals surface area contributed by atoms with Crippen LogP contribution in [0.2, 0.25) is 0 Å². The molecule has 7 heteroatoms. The molecule has 2 heterocycles. The summed E-state index contributed by atoms with van der Waals surface area (Å²) in [6.07, 6.45) is 5.30. The Morgan fingerprint density at radius 3 is 1.92 bits per heavy atom. The summed E-state index contributed by atoms with van der Waals surface area (Å²) >= 11 is 0. The van der Waals surface area contributed by atoms with E-state index in [1.54, 1.807) is 16.7 Å². The van der Waals surface area contributed by atoms with Gasteiger partial charge in [-0.15, -0.1) is 0 Å². The van der Waals surface area contributed by atoms with Gasteiger partial charge in [-0.3, -0.25) is 24.1 Å². The molecule has 7 nitrogen and oxygen atoms in total. The van der Waals surface area contributed by atoms with E-state index < -0.39 is 0 Å². The fourth-order valence-electron chi connectivity index (χ4n) is 2.80. The Kier molecular flexibility index (Phi) is 8.88. The molecule has 0 aromatic heterocycles. The fraction of sp³-hybridized carbons (Fsp3) is 0.667. The zero-order valence-electron chi connectivity index (χ0n) is 15.5. The zero-order valence-corrected chi connectivity index (χ0v) is 15.5. The van der Waals surface area contributed by atoms with Crippen molar-refractivity contribution in [2.45, 2.75) is 46.5 Å². The fourth-order valence-corrected chi connectivity index (χ4v) is 2.80. The minimum absolute atomic E-state index is 0.0533. The predicted octanol–water partition coefficient (Wildman–Crippen LogP) is 1.19. The lowest BCUT2D eigenvalue weighted by atomic mass is 10.1. The second-order valence-electron chi connectivity index (χ2n) is 5.86. The maximum absolute atomic E-state index is 12.1. The Morgan fingerprint density at radius 1 is 0.880 bits per heavy atom. The van der Waals surface area contributed by atoms with Gasteiger partial charge in [-0.25, -0.2) is 0 Å². The minimum Gasteiger partial charge on any atom is -0.339 e. The number of hydrogen-bond donors (Lipinski definition) is 0. The van der Waals surface area contributed by atoms with Gasteiger partial charge in [0.2, 0.25) is 11.8 Å². The summed E-state index contributed by atoms with van der Waals surface area (Å²) in [5.41, 5.74) is 0. The summed E-state index contributed by atoms with van der Waals surface area (Å²) in [4.78, 5) is 50.8. The number of imide groups is 1. The molecule has 2 aliphatic heterocycles. The standard InChI is InChI=1S/C16H23N3O4.C2H6/c1-13(20)17-9-11-18(12-10-17)14(21)5-3-2-4-8-19-15(22)6-7-16(19)23;1-2/h6-7H,2-5,8-12H2,1H3;1-2H3. The van der Waals surface area contributed by atoms with E-state index in [1.807, 2.05) is 13.8 Å². The summed E-state index contributed by atoms with van der Waals surface area (Å²) in [5.74, 6) is -0.343. The largest absolute Gasteiger partial charge is 0.339 e. The van der Waals surface area contributed by atoms with Crippen molar-refractivity contribution >= 4 is 23.6 Å². The lowest BCUT2D eigenvalue weighted by Gasteiger charge is -2.34. The first-order valence-electron chi connectivity index (χ1n) is 9.06. The number of rotatable bonds is 6. The summed E-state index contributed by atoms with van der Waals surface area (Å²) < 4.78 is 0. The van der Waals surface area contributed by atoms with E-state index in [9.17, 15) is 19.2 Å². The van der Waals surface area contributed by atoms with Crippen molar-refractivity contribution in [3.63, 3.8) is 0 Å². The molecule has 0 bridgehead atoms. The van der Waals surface area contributed by atoms with Crippen LogP contribution < -0.4 is 0 Å². The average molecular weight is 351 g/mol. The van der Waals surface area contributed by atoms with E-state index in [4.69, 9.17) is 0 Å². The highest BCUT2D eigenvalue weighted by molar-refractivity contribution is 6.12. The van der Waals surface area contributed by atoms with E-state index in [1.165, 1.54) is 17.1 Å². The molecule has 0 saturated carbocycles. The molecule has 0 aromatic carbocycles. The van der Waals surface area contributed by atoms with Crippen molar-refractivity contribution in [2.75, 3.05) is 32.7 Å². The maximum Gasteiger partial charge on any atom is 0.253 e. The number of nitrogens with zero attached hydrogens (tertiary/aromatic N) is 3. The van der Waals surface area contributed by atoms with Gasteiger partial charge < -0.3 is 9.80 Å². The molecule has 0 atom stereocenters. The highest BCUT2D eigenvalue weighted by atomic mass is 16.2. The number of carbonyl (C=O) groups excluding carboxylic acids is 4. The van der Waals surface area contributed by atoms with Crippen LogP contribution in [0.3, 0.4) is 0 Å². The van der Waals surface area contributed by atoms with Gasteiger partial charge in [-0.1, -0.05) is 20.3 Å². The lowest BCUT2D eigenvalue weighted by Crippen LogP contribution is -2.50. The second-order valence-corrected chi connectivity index (χ2v) is 5.86. The summed E-state index contributed by atoms with van der Waals surface area (Å²) in [7, 11) is 0. The lowest BCUT2D eigenvalue weighted by molar-refractivity contribution is -0.138. The van der Waals surface area contributed by atoms with E-state index in [-0.39, 0.29) is 23.6 Å². The summed E-state index contributed by atoms with van der Waals surface area (Å²) in [6, 6.07) is 0. The smallest absolute Gasteiger partial charge is 0.253 e. The van der Waals surface area contributed by atoms with Gasteiger partial charge in [-0.2, -0.15) is 0 Å². The number of amides is 4. The van der Waals surface area contributed by atoms with Crippen molar-refractivity contribution in [3.8, 4) is 0 Å². The van der Waals surface area contributed by atoms with Gasteiger partial charge in [0.15, 0.2) is 0 Å². The Hall–Kier alpha value is -2.18. The minimum atomic E-state index is -0.255. The molecule has 1 saturated heterocycles. The van der Waals surface area contributed by atoms with Gasteiger partial charge in [-0.05, 0) is 12.8 Å². The van der Waals surface area contributed by atoms with Crippen molar-refractivity contribution in [1.29, 1.82) is 0 Å². The highest BCUT2D eigenvalue weighted by Gasteiger charge is 2.23. The third-order valence-electron chi connectivity index (χ3n) is 4.25. The van der Waals surface area contributed by atoms with Gasteiger partial charge in [0.1, 0.15) is 0 Å². The normalized spacial score (nSPS) is 16.8. The molecule has 140 valence electrons. The van der Waals surface area contributed by atoms with Crippen LogP contribution in [-0.4, -0.2) is 71.1 Å². The zero-order chi connectivity index (χ0) is 18.8. The van der Waals surface area contributed by atoms with Gasteiger partial charge in [0.05, 0.1) is 0 Å². The number of piperazine rings is 1. The van der Waals surface area contributed by atoms with Crippen molar-refractivity contribution in [1.82, 2.24) is 14.7 Å². The third-order valence-corrected chi connectivity index (χ3v) is 4.25. The van der Waals surface area contributed by atoms with E-state index >= 15 is 0 Å². The molecule has 0 spiro atoms. The Morgan fingerprint density at radius 2 is 1.40 bits per heavy atom. The second kappa shape index (κ2) is 10.6. The first-order chi connectivity index (χ1) is 12.0. The highest BCUT2D eigenvalue weighted by Crippen LogP contribution is 2.10. The number of carbonyl (C=O) groups is 4. The molecule has 0 radical (unpaired) electrons. The van der Waals surface area contributed by atoms with Crippen LogP contribution in [0.5, 0.6) is 0 Å². The SMILES string of the molecule is CC.CC(=O)N1CCN(C(=O)CCCCCN2C(=O)C=CC2=O)CC1. The first-order valence-corrected chi connectivity index (χ1v) is 9.06. The maximum atomic E-state index is 12.1. The molecule has 2 aliphatic rings. The molecule has 1 fully saturated rings. The summed E-state index contributed by atoms with van der Waals surface area (Å²) in [6.45, 7) is 8.36. The third kappa shape index (κ3) is 6.32. The van der Waals surface area contributed by atoms with Crippen LogP contribution >= 0.6 is 0 Å². The monoisotopic (exact) mass is 351 g/mol. The molecule has 0 aromatic rings. The molecule has 0 N–H and O–H groups in total. The van der Waals surface area contributed by atoms with Gasteiger partial charge in [0, 0.05) is 58.2 Å². The van der Waals surface area contributed by atoms with Gasteiger partial charge in [0.25, 0.3) is 11.8 Å². The molecular weight excluding hydrogens is 322 g/mol. The van der Waals surface area contributed by atoms with Crippen LogP contribution in [0.25, 0.3) is 0 Å².